The summed E-state index contributed by atoms with van der Waals surface area (Å²) in [5, 5.41) is 5.74. The third-order valence-electron chi connectivity index (χ3n) is 4.17. The Morgan fingerprint density at radius 3 is 2.52 bits per heavy atom. The van der Waals surface area contributed by atoms with Gasteiger partial charge in [0, 0.05) is 25.1 Å². The fraction of sp³-hybridized carbons (Fsp3) is 0.227. The molecular formula is C22H23NO2. The maximum atomic E-state index is 11.9. The van der Waals surface area contributed by atoms with Crippen LogP contribution in [0.15, 0.2) is 72.8 Å². The molecule has 3 aromatic carbocycles. The van der Waals surface area contributed by atoms with Gasteiger partial charge in [0.15, 0.2) is 0 Å². The Morgan fingerprint density at radius 2 is 1.64 bits per heavy atom. The van der Waals surface area contributed by atoms with E-state index < -0.39 is 0 Å². The number of ether oxygens (including phenoxy) is 1. The quantitative estimate of drug-likeness (QED) is 0.474. The molecule has 128 valence electrons. The molecule has 0 bridgehead atoms. The molecule has 0 aliphatic heterocycles. The van der Waals surface area contributed by atoms with Crippen LogP contribution in [0.25, 0.3) is 10.8 Å². The van der Waals surface area contributed by atoms with Gasteiger partial charge in [-0.25, -0.2) is 0 Å². The van der Waals surface area contributed by atoms with Crippen LogP contribution in [0.5, 0.6) is 0 Å². The van der Waals surface area contributed by atoms with Crippen molar-refractivity contribution < 1.29 is 9.53 Å². The van der Waals surface area contributed by atoms with Gasteiger partial charge >= 0.3 is 5.97 Å². The van der Waals surface area contributed by atoms with E-state index in [1.807, 2.05) is 42.5 Å². The van der Waals surface area contributed by atoms with Gasteiger partial charge in [0.25, 0.3) is 0 Å². The maximum Gasteiger partial charge on any atom is 0.305 e. The number of esters is 1. The van der Waals surface area contributed by atoms with E-state index in [1.165, 1.54) is 16.3 Å². The van der Waals surface area contributed by atoms with Crippen molar-refractivity contribution in [1.82, 2.24) is 0 Å². The van der Waals surface area contributed by atoms with Crippen LogP contribution in [-0.2, 0) is 16.0 Å². The van der Waals surface area contributed by atoms with Gasteiger partial charge in [-0.1, -0.05) is 60.7 Å². The Morgan fingerprint density at radius 1 is 0.880 bits per heavy atom. The lowest BCUT2D eigenvalue weighted by Gasteiger charge is -2.08. The van der Waals surface area contributed by atoms with Crippen LogP contribution in [0.4, 0.5) is 5.69 Å². The van der Waals surface area contributed by atoms with Crippen molar-refractivity contribution in [3.05, 3.63) is 78.4 Å². The highest BCUT2D eigenvalue weighted by atomic mass is 16.5. The lowest BCUT2D eigenvalue weighted by atomic mass is 10.0. The molecule has 0 spiro atoms. The fourth-order valence-corrected chi connectivity index (χ4v) is 2.88. The first-order chi connectivity index (χ1) is 12.3. The SMILES string of the molecule is O=C(CCCNc1ccccc1)OCCc1cccc2ccccc12. The first kappa shape index (κ1) is 17.0. The number of rotatable bonds is 8. The third-order valence-corrected chi connectivity index (χ3v) is 4.17. The second-order valence-corrected chi connectivity index (χ2v) is 6.01. The van der Waals surface area contributed by atoms with Crippen LogP contribution in [-0.4, -0.2) is 19.1 Å². The molecule has 0 aliphatic carbocycles. The summed E-state index contributed by atoms with van der Waals surface area (Å²) in [7, 11) is 0. The van der Waals surface area contributed by atoms with Gasteiger partial charge in [-0.3, -0.25) is 4.79 Å². The number of anilines is 1. The molecule has 25 heavy (non-hydrogen) atoms. The van der Waals surface area contributed by atoms with Crippen LogP contribution in [0.1, 0.15) is 18.4 Å². The Balaban J connectivity index is 1.38. The van der Waals surface area contributed by atoms with Crippen LogP contribution >= 0.6 is 0 Å². The van der Waals surface area contributed by atoms with Crippen molar-refractivity contribution >= 4 is 22.4 Å². The molecular weight excluding hydrogens is 310 g/mol. The molecule has 0 radical (unpaired) electrons. The van der Waals surface area contributed by atoms with Crippen LogP contribution in [0.3, 0.4) is 0 Å². The number of hydrogen-bond acceptors (Lipinski definition) is 3. The molecule has 3 heteroatoms. The summed E-state index contributed by atoms with van der Waals surface area (Å²) in [6, 6.07) is 24.5. The summed E-state index contributed by atoms with van der Waals surface area (Å²) in [6.45, 7) is 1.20. The molecule has 0 saturated heterocycles. The molecule has 0 unspecified atom stereocenters. The number of fused-ring (bicyclic) bond motifs is 1. The number of benzene rings is 3. The highest BCUT2D eigenvalue weighted by molar-refractivity contribution is 5.85. The average molecular weight is 333 g/mol. The fourth-order valence-electron chi connectivity index (χ4n) is 2.88. The predicted molar refractivity (Wildman–Crippen MR) is 103 cm³/mol. The van der Waals surface area contributed by atoms with Gasteiger partial charge in [-0.2, -0.15) is 0 Å². The van der Waals surface area contributed by atoms with Crippen LogP contribution in [0, 0.1) is 0 Å². The number of carbonyl (C=O) groups excluding carboxylic acids is 1. The molecule has 0 aromatic heterocycles. The van der Waals surface area contributed by atoms with Gasteiger partial charge in [0.2, 0.25) is 0 Å². The van der Waals surface area contributed by atoms with Crippen molar-refractivity contribution in [3.63, 3.8) is 0 Å². The zero-order chi connectivity index (χ0) is 17.3. The van der Waals surface area contributed by atoms with E-state index in [9.17, 15) is 4.79 Å². The van der Waals surface area contributed by atoms with Gasteiger partial charge in [0.1, 0.15) is 0 Å². The van der Waals surface area contributed by atoms with Gasteiger partial charge < -0.3 is 10.1 Å². The van der Waals surface area contributed by atoms with Crippen molar-refractivity contribution in [2.24, 2.45) is 0 Å². The number of nitrogens with one attached hydrogen (secondary N) is 1. The summed E-state index contributed by atoms with van der Waals surface area (Å²) in [6.07, 6.45) is 1.95. The van der Waals surface area contributed by atoms with E-state index in [4.69, 9.17) is 4.74 Å². The molecule has 0 aliphatic rings. The normalized spacial score (nSPS) is 10.6. The first-order valence-electron chi connectivity index (χ1n) is 8.74. The lowest BCUT2D eigenvalue weighted by molar-refractivity contribution is -0.143. The molecule has 3 rings (SSSR count). The summed E-state index contributed by atoms with van der Waals surface area (Å²) in [5.41, 5.74) is 2.29. The second-order valence-electron chi connectivity index (χ2n) is 6.01. The Labute approximate surface area is 148 Å². The topological polar surface area (TPSA) is 38.3 Å². The summed E-state index contributed by atoms with van der Waals surface area (Å²) in [5.74, 6) is -0.130. The van der Waals surface area contributed by atoms with Crippen molar-refractivity contribution in [1.29, 1.82) is 0 Å². The summed E-state index contributed by atoms with van der Waals surface area (Å²) in [4.78, 5) is 11.9. The monoisotopic (exact) mass is 333 g/mol. The van der Waals surface area contributed by atoms with Gasteiger partial charge in [-0.15, -0.1) is 0 Å². The molecule has 0 saturated carbocycles. The largest absolute Gasteiger partial charge is 0.465 e. The number of carbonyl (C=O) groups is 1. The highest BCUT2D eigenvalue weighted by Gasteiger charge is 2.05. The molecule has 0 fully saturated rings. The zero-order valence-electron chi connectivity index (χ0n) is 14.3. The Kier molecular flexibility index (Phi) is 6.05. The molecule has 0 atom stereocenters. The predicted octanol–water partition coefficient (Wildman–Crippen LogP) is 4.82. The smallest absolute Gasteiger partial charge is 0.305 e. The molecule has 0 amide bonds. The molecule has 3 aromatic rings. The lowest BCUT2D eigenvalue weighted by Crippen LogP contribution is -2.10. The summed E-state index contributed by atoms with van der Waals surface area (Å²) < 4.78 is 5.38. The third kappa shape index (κ3) is 5.08. The molecule has 0 heterocycles. The van der Waals surface area contributed by atoms with Crippen LogP contribution < -0.4 is 5.32 Å². The molecule has 1 N–H and O–H groups in total. The maximum absolute atomic E-state index is 11.9. The van der Waals surface area contributed by atoms with Crippen molar-refractivity contribution in [2.75, 3.05) is 18.5 Å². The minimum atomic E-state index is -0.130. The first-order valence-corrected chi connectivity index (χ1v) is 8.74. The van der Waals surface area contributed by atoms with E-state index in [1.54, 1.807) is 0 Å². The zero-order valence-corrected chi connectivity index (χ0v) is 14.3. The average Bonchev–Trinajstić information content (AvgIpc) is 2.66. The standard InChI is InChI=1S/C22H23NO2/c24-22(14-7-16-23-20-11-2-1-3-12-20)25-17-15-19-10-6-9-18-8-4-5-13-21(18)19/h1-6,8-13,23H,7,14-17H2. The Hall–Kier alpha value is -2.81. The van der Waals surface area contributed by atoms with E-state index in [0.717, 1.165) is 25.1 Å². The van der Waals surface area contributed by atoms with E-state index in [-0.39, 0.29) is 5.97 Å². The minimum Gasteiger partial charge on any atom is -0.465 e. The number of hydrogen-bond donors (Lipinski definition) is 1. The van der Waals surface area contributed by atoms with Crippen molar-refractivity contribution in [3.8, 4) is 0 Å². The van der Waals surface area contributed by atoms with Gasteiger partial charge in [0.05, 0.1) is 6.61 Å². The molecule has 3 nitrogen and oxygen atoms in total. The van der Waals surface area contributed by atoms with E-state index in [0.29, 0.717) is 13.0 Å². The summed E-state index contributed by atoms with van der Waals surface area (Å²) >= 11 is 0. The van der Waals surface area contributed by atoms with E-state index in [2.05, 4.69) is 35.6 Å². The van der Waals surface area contributed by atoms with E-state index >= 15 is 0 Å². The second kappa shape index (κ2) is 8.88. The highest BCUT2D eigenvalue weighted by Crippen LogP contribution is 2.18. The number of para-hydroxylation sites is 1. The van der Waals surface area contributed by atoms with Gasteiger partial charge in [-0.05, 0) is 34.9 Å². The Bertz CT molecular complexity index is 809. The van der Waals surface area contributed by atoms with Crippen molar-refractivity contribution in [2.45, 2.75) is 19.3 Å². The van der Waals surface area contributed by atoms with Crippen LogP contribution in [0.2, 0.25) is 0 Å². The minimum absolute atomic E-state index is 0.130.